The molecule has 2 aliphatic carbocycles. The first kappa shape index (κ1) is 13.7. The Balaban J connectivity index is 1.56. The summed E-state index contributed by atoms with van der Waals surface area (Å²) < 4.78 is 5.19. The molecule has 0 bridgehead atoms. The molecule has 0 aliphatic heterocycles. The lowest BCUT2D eigenvalue weighted by Crippen LogP contribution is -2.40. The van der Waals surface area contributed by atoms with Gasteiger partial charge >= 0.3 is 6.09 Å². The lowest BCUT2D eigenvalue weighted by atomic mass is 10.1. The number of carbonyl (C=O) groups excluding carboxylic acids is 1. The molecule has 0 spiro atoms. The fraction of sp³-hybridized carbons (Fsp3) is 0.929. The van der Waals surface area contributed by atoms with Gasteiger partial charge in [-0.15, -0.1) is 0 Å². The molecule has 0 radical (unpaired) electrons. The summed E-state index contributed by atoms with van der Waals surface area (Å²) in [5.74, 6) is 1.80. The number of carbonyl (C=O) groups is 1. The monoisotopic (exact) mass is 254 g/mol. The van der Waals surface area contributed by atoms with Crippen LogP contribution in [0.5, 0.6) is 0 Å². The van der Waals surface area contributed by atoms with Crippen LogP contribution in [0.25, 0.3) is 0 Å². The Morgan fingerprint density at radius 1 is 1.17 bits per heavy atom. The summed E-state index contributed by atoms with van der Waals surface area (Å²) in [6.45, 7) is 7.12. The molecule has 0 aromatic carbocycles. The second-order valence-electron chi connectivity index (χ2n) is 6.58. The summed E-state index contributed by atoms with van der Waals surface area (Å²) in [7, 11) is 0. The normalized spacial score (nSPS) is 20.0. The molecule has 2 fully saturated rings. The number of amides is 1. The van der Waals surface area contributed by atoms with Gasteiger partial charge in [0.15, 0.2) is 0 Å². The van der Waals surface area contributed by atoms with Crippen molar-refractivity contribution in [2.24, 2.45) is 11.8 Å². The second-order valence-corrected chi connectivity index (χ2v) is 6.58. The largest absolute Gasteiger partial charge is 0.444 e. The van der Waals surface area contributed by atoms with Gasteiger partial charge in [-0.3, -0.25) is 0 Å². The summed E-state index contributed by atoms with van der Waals surface area (Å²) >= 11 is 0. The van der Waals surface area contributed by atoms with Crippen molar-refractivity contribution in [2.45, 2.75) is 58.1 Å². The molecular formula is C14H26N2O2. The summed E-state index contributed by atoms with van der Waals surface area (Å²) in [5.41, 5.74) is -0.415. The average Bonchev–Trinajstić information content (AvgIpc) is 3.10. The number of nitrogens with one attached hydrogen (secondary N) is 2. The molecule has 0 aromatic heterocycles. The summed E-state index contributed by atoms with van der Waals surface area (Å²) in [4.78, 5) is 11.4. The smallest absolute Gasteiger partial charge is 0.407 e. The highest BCUT2D eigenvalue weighted by Crippen LogP contribution is 2.44. The zero-order valence-electron chi connectivity index (χ0n) is 11.8. The van der Waals surface area contributed by atoms with Gasteiger partial charge in [0.05, 0.1) is 0 Å². The minimum Gasteiger partial charge on any atom is -0.444 e. The average molecular weight is 254 g/mol. The van der Waals surface area contributed by atoms with Crippen molar-refractivity contribution in [3.63, 3.8) is 0 Å². The highest BCUT2D eigenvalue weighted by molar-refractivity contribution is 5.67. The maximum atomic E-state index is 11.4. The molecular weight excluding hydrogens is 228 g/mol. The molecule has 2 saturated carbocycles. The molecule has 1 amide bonds. The molecule has 18 heavy (non-hydrogen) atoms. The van der Waals surface area contributed by atoms with Crippen molar-refractivity contribution in [3.05, 3.63) is 0 Å². The van der Waals surface area contributed by atoms with Crippen molar-refractivity contribution in [1.82, 2.24) is 10.6 Å². The number of rotatable bonds is 6. The Morgan fingerprint density at radius 3 is 2.17 bits per heavy atom. The topological polar surface area (TPSA) is 50.4 Å². The SMILES string of the molecule is CC(C)(C)OC(=O)NCCNC(C1CC1)C1CC1. The van der Waals surface area contributed by atoms with Gasteiger partial charge in [-0.25, -0.2) is 4.79 Å². The predicted molar refractivity (Wildman–Crippen MR) is 71.5 cm³/mol. The zero-order valence-corrected chi connectivity index (χ0v) is 11.8. The maximum absolute atomic E-state index is 11.4. The molecule has 0 unspecified atom stereocenters. The van der Waals surface area contributed by atoms with Gasteiger partial charge in [0, 0.05) is 19.1 Å². The van der Waals surface area contributed by atoms with E-state index in [4.69, 9.17) is 4.74 Å². The van der Waals surface area contributed by atoms with Gasteiger partial charge in [0.2, 0.25) is 0 Å². The van der Waals surface area contributed by atoms with Gasteiger partial charge in [0.25, 0.3) is 0 Å². The van der Waals surface area contributed by atoms with E-state index in [9.17, 15) is 4.79 Å². The van der Waals surface area contributed by atoms with E-state index in [1.807, 2.05) is 20.8 Å². The Labute approximate surface area is 110 Å². The van der Waals surface area contributed by atoms with Gasteiger partial charge < -0.3 is 15.4 Å². The highest BCUT2D eigenvalue weighted by Gasteiger charge is 2.40. The molecule has 4 heteroatoms. The van der Waals surface area contributed by atoms with Gasteiger partial charge in [0.1, 0.15) is 5.60 Å². The van der Waals surface area contributed by atoms with Gasteiger partial charge in [-0.05, 0) is 58.3 Å². The number of ether oxygens (including phenoxy) is 1. The molecule has 2 aliphatic rings. The predicted octanol–water partition coefficient (Wildman–Crippen LogP) is 2.29. The first-order valence-corrected chi connectivity index (χ1v) is 7.16. The van der Waals surface area contributed by atoms with Crippen molar-refractivity contribution >= 4 is 6.09 Å². The second kappa shape index (κ2) is 5.47. The van der Waals surface area contributed by atoms with Crippen LogP contribution >= 0.6 is 0 Å². The molecule has 2 N–H and O–H groups in total. The van der Waals surface area contributed by atoms with Crippen molar-refractivity contribution in [3.8, 4) is 0 Å². The fourth-order valence-electron chi connectivity index (χ4n) is 2.35. The van der Waals surface area contributed by atoms with Crippen LogP contribution in [-0.4, -0.2) is 30.8 Å². The Morgan fingerprint density at radius 2 is 1.72 bits per heavy atom. The minimum atomic E-state index is -0.415. The van der Waals surface area contributed by atoms with E-state index in [1.54, 1.807) is 0 Å². The summed E-state index contributed by atoms with van der Waals surface area (Å²) in [6.07, 6.45) is 5.21. The van der Waals surface area contributed by atoms with Crippen LogP contribution < -0.4 is 10.6 Å². The van der Waals surface area contributed by atoms with Crippen LogP contribution in [0.2, 0.25) is 0 Å². The Hall–Kier alpha value is -0.770. The third-order valence-electron chi connectivity index (χ3n) is 3.43. The van der Waals surface area contributed by atoms with Gasteiger partial charge in [-0.1, -0.05) is 0 Å². The van der Waals surface area contributed by atoms with Crippen LogP contribution in [0.15, 0.2) is 0 Å². The summed E-state index contributed by atoms with van der Waals surface area (Å²) in [6, 6.07) is 0.699. The molecule has 0 atom stereocenters. The molecule has 2 rings (SSSR count). The zero-order chi connectivity index (χ0) is 13.2. The maximum Gasteiger partial charge on any atom is 0.407 e. The van der Waals surface area contributed by atoms with E-state index >= 15 is 0 Å². The number of hydrogen-bond acceptors (Lipinski definition) is 3. The van der Waals surface area contributed by atoms with E-state index in [0.29, 0.717) is 12.6 Å². The van der Waals surface area contributed by atoms with Crippen LogP contribution in [-0.2, 0) is 4.74 Å². The molecule has 4 nitrogen and oxygen atoms in total. The van der Waals surface area contributed by atoms with E-state index < -0.39 is 5.60 Å². The first-order chi connectivity index (χ1) is 8.46. The first-order valence-electron chi connectivity index (χ1n) is 7.16. The molecule has 0 heterocycles. The van der Waals surface area contributed by atoms with Crippen LogP contribution in [0.3, 0.4) is 0 Å². The van der Waals surface area contributed by atoms with Crippen LogP contribution in [0.1, 0.15) is 46.5 Å². The Bertz CT molecular complexity index is 279. The van der Waals surface area contributed by atoms with Crippen molar-refractivity contribution in [1.29, 1.82) is 0 Å². The van der Waals surface area contributed by atoms with Crippen molar-refractivity contribution < 1.29 is 9.53 Å². The third kappa shape index (κ3) is 4.84. The Kier molecular flexibility index (Phi) is 4.15. The number of hydrogen-bond donors (Lipinski definition) is 2. The summed E-state index contributed by atoms with van der Waals surface area (Å²) in [5, 5.41) is 6.38. The van der Waals surface area contributed by atoms with E-state index in [2.05, 4.69) is 10.6 Å². The fourth-order valence-corrected chi connectivity index (χ4v) is 2.35. The lowest BCUT2D eigenvalue weighted by Gasteiger charge is -2.21. The van der Waals surface area contributed by atoms with Crippen LogP contribution in [0, 0.1) is 11.8 Å². The van der Waals surface area contributed by atoms with Crippen LogP contribution in [0.4, 0.5) is 4.79 Å². The third-order valence-corrected chi connectivity index (χ3v) is 3.43. The highest BCUT2D eigenvalue weighted by atomic mass is 16.6. The van der Waals surface area contributed by atoms with Gasteiger partial charge in [-0.2, -0.15) is 0 Å². The van der Waals surface area contributed by atoms with E-state index in [-0.39, 0.29) is 6.09 Å². The lowest BCUT2D eigenvalue weighted by molar-refractivity contribution is 0.0528. The molecule has 0 saturated heterocycles. The van der Waals surface area contributed by atoms with Crippen molar-refractivity contribution in [2.75, 3.05) is 13.1 Å². The minimum absolute atomic E-state index is 0.321. The molecule has 104 valence electrons. The van der Waals surface area contributed by atoms with E-state index in [1.165, 1.54) is 25.7 Å². The standard InChI is InChI=1S/C14H26N2O2/c1-14(2,3)18-13(17)16-9-8-15-12(10-4-5-10)11-6-7-11/h10-12,15H,4-9H2,1-3H3,(H,16,17). The molecule has 0 aromatic rings. The quantitative estimate of drug-likeness (QED) is 0.715. The van der Waals surface area contributed by atoms with E-state index in [0.717, 1.165) is 18.4 Å². The number of alkyl carbamates (subject to hydrolysis) is 1.